The summed E-state index contributed by atoms with van der Waals surface area (Å²) in [6.45, 7) is 7.71. The summed E-state index contributed by atoms with van der Waals surface area (Å²) in [5.41, 5.74) is 0. The van der Waals surface area contributed by atoms with E-state index in [9.17, 15) is 14.4 Å². The molecular formula is C22H37BrO8. The number of ether oxygens (including phenoxy) is 5. The molecule has 1 rings (SSSR count). The summed E-state index contributed by atoms with van der Waals surface area (Å²) in [6, 6.07) is 0. The van der Waals surface area contributed by atoms with Crippen LogP contribution in [0.2, 0.25) is 0 Å². The molecule has 0 aromatic carbocycles. The summed E-state index contributed by atoms with van der Waals surface area (Å²) in [4.78, 5) is 36.9. The third-order valence-corrected chi connectivity index (χ3v) is 5.26. The van der Waals surface area contributed by atoms with Gasteiger partial charge >= 0.3 is 17.9 Å². The van der Waals surface area contributed by atoms with Crippen LogP contribution < -0.4 is 0 Å². The number of unbranched alkanes of at least 4 members (excludes halogenated alkanes) is 1. The van der Waals surface area contributed by atoms with Crippen molar-refractivity contribution in [2.75, 3.05) is 11.9 Å². The Morgan fingerprint density at radius 1 is 0.774 bits per heavy atom. The smallest absolute Gasteiger partial charge is 0.306 e. The van der Waals surface area contributed by atoms with Crippen LogP contribution in [0.15, 0.2) is 0 Å². The Bertz CT molecular complexity index is 556. The first kappa shape index (κ1) is 27.8. The van der Waals surface area contributed by atoms with E-state index in [1.165, 1.54) is 0 Å². The lowest BCUT2D eigenvalue weighted by molar-refractivity contribution is -0.301. The topological polar surface area (TPSA) is 97.4 Å². The second-order valence-corrected chi connectivity index (χ2v) is 8.38. The zero-order chi connectivity index (χ0) is 23.2. The fourth-order valence-corrected chi connectivity index (χ4v) is 3.57. The molecule has 1 saturated heterocycles. The van der Waals surface area contributed by atoms with Gasteiger partial charge in [0.1, 0.15) is 0 Å². The molecule has 0 N–H and O–H groups in total. The Kier molecular flexibility index (Phi) is 14.0. The normalized spacial score (nSPS) is 25.6. The molecule has 0 spiro atoms. The number of alkyl halides is 1. The molecule has 0 bridgehead atoms. The lowest BCUT2D eigenvalue weighted by atomic mass is 9.98. The largest absolute Gasteiger partial charge is 0.455 e. The Morgan fingerprint density at radius 3 is 1.74 bits per heavy atom. The molecule has 9 heteroatoms. The molecule has 1 aliphatic heterocycles. The second kappa shape index (κ2) is 15.6. The van der Waals surface area contributed by atoms with Crippen molar-refractivity contribution in [3.05, 3.63) is 0 Å². The van der Waals surface area contributed by atoms with Crippen molar-refractivity contribution in [1.29, 1.82) is 0 Å². The minimum absolute atomic E-state index is 0.202. The van der Waals surface area contributed by atoms with Crippen molar-refractivity contribution in [2.45, 2.75) is 110 Å². The molecule has 0 amide bonds. The van der Waals surface area contributed by atoms with Crippen LogP contribution in [0, 0.1) is 0 Å². The zero-order valence-corrected chi connectivity index (χ0v) is 20.7. The van der Waals surface area contributed by atoms with E-state index in [1.807, 2.05) is 20.8 Å². The highest BCUT2D eigenvalue weighted by Crippen LogP contribution is 2.30. The van der Waals surface area contributed by atoms with Crippen molar-refractivity contribution < 1.29 is 38.1 Å². The van der Waals surface area contributed by atoms with Gasteiger partial charge in [0.05, 0.1) is 6.10 Å². The number of hydrogen-bond donors (Lipinski definition) is 0. The number of carbonyl (C=O) groups is 3. The van der Waals surface area contributed by atoms with Gasteiger partial charge in [0, 0.05) is 31.2 Å². The third kappa shape index (κ3) is 9.87. The Balaban J connectivity index is 3.13. The predicted molar refractivity (Wildman–Crippen MR) is 118 cm³/mol. The van der Waals surface area contributed by atoms with Crippen LogP contribution in [0.5, 0.6) is 0 Å². The summed E-state index contributed by atoms with van der Waals surface area (Å²) in [6.07, 6.45) is -0.313. The summed E-state index contributed by atoms with van der Waals surface area (Å²) in [7, 11) is 0. The molecule has 1 unspecified atom stereocenters. The lowest BCUT2D eigenvalue weighted by Gasteiger charge is -2.43. The van der Waals surface area contributed by atoms with Crippen LogP contribution in [0.25, 0.3) is 0 Å². The molecule has 0 aliphatic carbocycles. The highest BCUT2D eigenvalue weighted by atomic mass is 79.9. The van der Waals surface area contributed by atoms with Crippen LogP contribution >= 0.6 is 15.9 Å². The molecule has 1 aliphatic rings. The molecule has 5 atom stereocenters. The van der Waals surface area contributed by atoms with Gasteiger partial charge in [0.25, 0.3) is 0 Å². The average Bonchev–Trinajstić information content (AvgIpc) is 2.71. The Labute approximate surface area is 193 Å². The van der Waals surface area contributed by atoms with E-state index in [1.54, 1.807) is 6.92 Å². The van der Waals surface area contributed by atoms with Crippen molar-refractivity contribution >= 4 is 33.8 Å². The lowest BCUT2D eigenvalue weighted by Crippen LogP contribution is -2.61. The molecular weight excluding hydrogens is 472 g/mol. The summed E-state index contributed by atoms with van der Waals surface area (Å²) in [5, 5.41) is 0.847. The van der Waals surface area contributed by atoms with E-state index < -0.39 is 48.6 Å². The van der Waals surface area contributed by atoms with Crippen LogP contribution in [0.4, 0.5) is 0 Å². The molecule has 31 heavy (non-hydrogen) atoms. The highest BCUT2D eigenvalue weighted by molar-refractivity contribution is 9.09. The summed E-state index contributed by atoms with van der Waals surface area (Å²) < 4.78 is 28.7. The van der Waals surface area contributed by atoms with Gasteiger partial charge in [0.15, 0.2) is 24.6 Å². The van der Waals surface area contributed by atoms with E-state index in [2.05, 4.69) is 15.9 Å². The van der Waals surface area contributed by atoms with Crippen LogP contribution in [-0.4, -0.2) is 60.6 Å². The van der Waals surface area contributed by atoms with Gasteiger partial charge in [0.2, 0.25) is 0 Å². The van der Waals surface area contributed by atoms with Gasteiger partial charge in [-0.3, -0.25) is 14.4 Å². The molecule has 0 radical (unpaired) electrons. The number of carbonyl (C=O) groups excluding carboxylic acids is 3. The molecule has 1 fully saturated rings. The van der Waals surface area contributed by atoms with Crippen LogP contribution in [0.1, 0.15) is 79.1 Å². The van der Waals surface area contributed by atoms with Crippen LogP contribution in [-0.2, 0) is 38.1 Å². The van der Waals surface area contributed by atoms with Gasteiger partial charge in [-0.25, -0.2) is 0 Å². The molecule has 0 saturated carbocycles. The SMILES string of the molecule is CCCC(=O)O[C@@H]1[C@@H](OC(=O)CCC)[C@@H](OC(=O)CCC)C(OCCCCBr)O[C@H]1C. The van der Waals surface area contributed by atoms with Crippen molar-refractivity contribution in [2.24, 2.45) is 0 Å². The first-order valence-electron chi connectivity index (χ1n) is 11.3. The first-order valence-corrected chi connectivity index (χ1v) is 12.4. The van der Waals surface area contributed by atoms with E-state index in [-0.39, 0.29) is 19.3 Å². The zero-order valence-electron chi connectivity index (χ0n) is 19.1. The first-order chi connectivity index (χ1) is 14.9. The maximum Gasteiger partial charge on any atom is 0.306 e. The summed E-state index contributed by atoms with van der Waals surface area (Å²) in [5.74, 6) is -1.32. The van der Waals surface area contributed by atoms with Crippen molar-refractivity contribution in [3.63, 3.8) is 0 Å². The fraction of sp³-hybridized carbons (Fsp3) is 0.864. The molecule has 0 aromatic heterocycles. The third-order valence-electron chi connectivity index (χ3n) is 4.70. The minimum Gasteiger partial charge on any atom is -0.455 e. The van der Waals surface area contributed by atoms with E-state index >= 15 is 0 Å². The molecule has 180 valence electrons. The number of hydrogen-bond acceptors (Lipinski definition) is 8. The van der Waals surface area contributed by atoms with Gasteiger partial charge in [-0.15, -0.1) is 0 Å². The number of esters is 3. The Morgan fingerprint density at radius 2 is 1.26 bits per heavy atom. The molecule has 8 nitrogen and oxygen atoms in total. The van der Waals surface area contributed by atoms with Crippen LogP contribution in [0.3, 0.4) is 0 Å². The number of halogens is 1. The van der Waals surface area contributed by atoms with Gasteiger partial charge in [-0.2, -0.15) is 0 Å². The van der Waals surface area contributed by atoms with E-state index in [0.29, 0.717) is 25.9 Å². The maximum absolute atomic E-state index is 12.3. The average molecular weight is 509 g/mol. The number of rotatable bonds is 14. The van der Waals surface area contributed by atoms with Crippen molar-refractivity contribution in [1.82, 2.24) is 0 Å². The molecule has 0 aromatic rings. The standard InChI is InChI=1S/C22H37BrO8/c1-5-10-16(24)29-19-15(4)28-22(27-14-9-8-13-23)21(31-18(26)12-7-3)20(19)30-17(25)11-6-2/h15,19-22H,5-14H2,1-4H3/t15-,19-,20+,21+,22?/m0/s1. The van der Waals surface area contributed by atoms with E-state index in [4.69, 9.17) is 23.7 Å². The minimum atomic E-state index is -1.03. The summed E-state index contributed by atoms with van der Waals surface area (Å²) >= 11 is 3.38. The fourth-order valence-electron chi connectivity index (χ4n) is 3.17. The monoisotopic (exact) mass is 508 g/mol. The highest BCUT2D eigenvalue weighted by Gasteiger charge is 2.51. The second-order valence-electron chi connectivity index (χ2n) is 7.59. The maximum atomic E-state index is 12.3. The quantitative estimate of drug-likeness (QED) is 0.150. The van der Waals surface area contributed by atoms with Crippen molar-refractivity contribution in [3.8, 4) is 0 Å². The predicted octanol–water partition coefficient (Wildman–Crippen LogP) is 4.06. The van der Waals surface area contributed by atoms with Gasteiger partial charge in [-0.05, 0) is 39.0 Å². The molecule has 1 heterocycles. The Hall–Kier alpha value is -1.19. The van der Waals surface area contributed by atoms with Gasteiger partial charge in [-0.1, -0.05) is 36.7 Å². The van der Waals surface area contributed by atoms with Gasteiger partial charge < -0.3 is 23.7 Å². The van der Waals surface area contributed by atoms with E-state index in [0.717, 1.165) is 18.2 Å².